The number of hydrogen-bond donors (Lipinski definition) is 3. The highest BCUT2D eigenvalue weighted by Crippen LogP contribution is 2.17. The van der Waals surface area contributed by atoms with E-state index in [-0.39, 0.29) is 11.3 Å². The molecule has 1 heterocycles. The van der Waals surface area contributed by atoms with Crippen LogP contribution in [-0.2, 0) is 0 Å². The van der Waals surface area contributed by atoms with E-state index in [1.54, 1.807) is 6.20 Å². The van der Waals surface area contributed by atoms with Crippen LogP contribution in [0.1, 0.15) is 30.6 Å². The van der Waals surface area contributed by atoms with Crippen molar-refractivity contribution in [2.75, 3.05) is 13.1 Å². The van der Waals surface area contributed by atoms with Gasteiger partial charge in [-0.1, -0.05) is 13.8 Å². The number of carbonyl (C=O) groups excluding carboxylic acids is 1. The number of nitrogens with zero attached hydrogens (tertiary/aromatic N) is 1. The second-order valence-corrected chi connectivity index (χ2v) is 4.37. The molecule has 0 spiro atoms. The van der Waals surface area contributed by atoms with Crippen molar-refractivity contribution in [3.8, 4) is 0 Å². The van der Waals surface area contributed by atoms with Crippen LogP contribution in [0.5, 0.6) is 0 Å². The number of nitrogens with two attached hydrogens (primary N) is 1. The van der Waals surface area contributed by atoms with Gasteiger partial charge >= 0.3 is 0 Å². The van der Waals surface area contributed by atoms with Crippen molar-refractivity contribution in [2.24, 2.45) is 11.1 Å². The lowest BCUT2D eigenvalue weighted by Crippen LogP contribution is -2.35. The van der Waals surface area contributed by atoms with Crippen molar-refractivity contribution < 1.29 is 4.79 Å². The average molecular weight is 210 g/mol. The number of aromatic nitrogens is 2. The Bertz CT molecular complexity index is 305. The van der Waals surface area contributed by atoms with Crippen molar-refractivity contribution in [1.82, 2.24) is 15.5 Å². The van der Waals surface area contributed by atoms with E-state index >= 15 is 0 Å². The number of hydrogen-bond acceptors (Lipinski definition) is 3. The first-order valence-corrected chi connectivity index (χ1v) is 5.02. The second-order valence-electron chi connectivity index (χ2n) is 4.37. The van der Waals surface area contributed by atoms with E-state index in [9.17, 15) is 4.79 Å². The molecule has 84 valence electrons. The minimum Gasteiger partial charge on any atom is -0.351 e. The Balaban J connectivity index is 2.40. The predicted octanol–water partition coefficient (Wildman–Crippen LogP) is 0.515. The Kier molecular flexibility index (Phi) is 3.85. The summed E-state index contributed by atoms with van der Waals surface area (Å²) in [7, 11) is 0. The molecule has 0 aliphatic rings. The van der Waals surface area contributed by atoms with Crippen LogP contribution in [0.3, 0.4) is 0 Å². The van der Waals surface area contributed by atoms with E-state index in [4.69, 9.17) is 5.73 Å². The third-order valence-corrected chi connectivity index (χ3v) is 2.31. The van der Waals surface area contributed by atoms with Crippen molar-refractivity contribution in [3.05, 3.63) is 18.0 Å². The van der Waals surface area contributed by atoms with Crippen molar-refractivity contribution >= 4 is 5.91 Å². The number of carbonyl (C=O) groups is 1. The Morgan fingerprint density at radius 2 is 2.40 bits per heavy atom. The summed E-state index contributed by atoms with van der Waals surface area (Å²) in [5.74, 6) is -0.103. The van der Waals surface area contributed by atoms with Crippen LogP contribution in [0.25, 0.3) is 0 Å². The Morgan fingerprint density at radius 1 is 1.67 bits per heavy atom. The van der Waals surface area contributed by atoms with Gasteiger partial charge < -0.3 is 11.1 Å². The molecule has 1 aromatic heterocycles. The lowest BCUT2D eigenvalue weighted by atomic mass is 9.89. The lowest BCUT2D eigenvalue weighted by molar-refractivity contribution is 0.0935. The van der Waals surface area contributed by atoms with Gasteiger partial charge in [-0.05, 0) is 18.4 Å². The average Bonchev–Trinajstić information content (AvgIpc) is 2.67. The molecular weight excluding hydrogens is 192 g/mol. The normalized spacial score (nSPS) is 11.4. The Labute approximate surface area is 89.4 Å². The van der Waals surface area contributed by atoms with Gasteiger partial charge in [0.25, 0.3) is 5.91 Å². The fourth-order valence-electron chi connectivity index (χ4n) is 1.28. The van der Waals surface area contributed by atoms with Crippen LogP contribution in [-0.4, -0.2) is 29.2 Å². The van der Waals surface area contributed by atoms with Gasteiger partial charge in [0.15, 0.2) is 0 Å². The van der Waals surface area contributed by atoms with Crippen LogP contribution >= 0.6 is 0 Å². The molecule has 15 heavy (non-hydrogen) atoms. The molecule has 0 saturated heterocycles. The summed E-state index contributed by atoms with van der Waals surface area (Å²) in [4.78, 5) is 11.6. The van der Waals surface area contributed by atoms with Gasteiger partial charge in [-0.25, -0.2) is 0 Å². The molecule has 0 aliphatic carbocycles. The summed E-state index contributed by atoms with van der Waals surface area (Å²) >= 11 is 0. The maximum absolute atomic E-state index is 11.6. The molecule has 0 fully saturated rings. The van der Waals surface area contributed by atoms with Crippen LogP contribution in [0.15, 0.2) is 12.4 Å². The molecular formula is C10H18N4O. The first-order valence-electron chi connectivity index (χ1n) is 5.02. The predicted molar refractivity (Wildman–Crippen MR) is 58.4 cm³/mol. The maximum Gasteiger partial charge on any atom is 0.254 e. The smallest absolute Gasteiger partial charge is 0.254 e. The molecule has 0 atom stereocenters. The monoisotopic (exact) mass is 210 g/mol. The molecule has 5 heteroatoms. The molecule has 0 unspecified atom stereocenters. The zero-order valence-corrected chi connectivity index (χ0v) is 9.21. The Morgan fingerprint density at radius 3 is 2.93 bits per heavy atom. The quantitative estimate of drug-likeness (QED) is 0.662. The molecule has 0 bridgehead atoms. The zero-order chi connectivity index (χ0) is 11.3. The topological polar surface area (TPSA) is 83.8 Å². The molecule has 1 aromatic rings. The Hall–Kier alpha value is -1.36. The number of rotatable bonds is 5. The second kappa shape index (κ2) is 4.93. The number of amides is 1. The van der Waals surface area contributed by atoms with Gasteiger partial charge in [-0.3, -0.25) is 9.89 Å². The molecule has 1 rings (SSSR count). The lowest BCUT2D eigenvalue weighted by Gasteiger charge is -2.23. The summed E-state index contributed by atoms with van der Waals surface area (Å²) in [6.07, 6.45) is 3.97. The first-order chi connectivity index (χ1) is 7.05. The summed E-state index contributed by atoms with van der Waals surface area (Å²) in [5.41, 5.74) is 6.08. The van der Waals surface area contributed by atoms with Gasteiger partial charge in [-0.2, -0.15) is 5.10 Å². The highest BCUT2D eigenvalue weighted by Gasteiger charge is 2.18. The van der Waals surface area contributed by atoms with Crippen LogP contribution in [0.4, 0.5) is 0 Å². The van der Waals surface area contributed by atoms with Gasteiger partial charge in [0, 0.05) is 12.7 Å². The third kappa shape index (κ3) is 3.71. The van der Waals surface area contributed by atoms with E-state index in [1.165, 1.54) is 6.20 Å². The van der Waals surface area contributed by atoms with Gasteiger partial charge in [0.05, 0.1) is 11.8 Å². The molecule has 1 amide bonds. The van der Waals surface area contributed by atoms with Gasteiger partial charge in [0.1, 0.15) is 0 Å². The largest absolute Gasteiger partial charge is 0.351 e. The minimum absolute atomic E-state index is 0.0359. The molecule has 4 N–H and O–H groups in total. The fraction of sp³-hybridized carbons (Fsp3) is 0.600. The van der Waals surface area contributed by atoms with Crippen LogP contribution in [0.2, 0.25) is 0 Å². The molecule has 0 aromatic carbocycles. The molecule has 0 saturated carbocycles. The standard InChI is InChI=1S/C10H18N4O/c1-10(2,3-4-11)7-12-9(15)8-5-13-14-6-8/h5-6H,3-4,7,11H2,1-2H3,(H,12,15)(H,13,14). The van der Waals surface area contributed by atoms with Crippen molar-refractivity contribution in [3.63, 3.8) is 0 Å². The van der Waals surface area contributed by atoms with E-state index in [1.807, 2.05) is 0 Å². The summed E-state index contributed by atoms with van der Waals surface area (Å²) in [5, 5.41) is 9.18. The highest BCUT2D eigenvalue weighted by atomic mass is 16.1. The first kappa shape index (κ1) is 11.7. The molecule has 5 nitrogen and oxygen atoms in total. The number of nitrogens with one attached hydrogen (secondary N) is 2. The van der Waals surface area contributed by atoms with E-state index < -0.39 is 0 Å². The summed E-state index contributed by atoms with van der Waals surface area (Å²) < 4.78 is 0. The number of aromatic amines is 1. The van der Waals surface area contributed by atoms with E-state index in [0.717, 1.165) is 6.42 Å². The maximum atomic E-state index is 11.6. The number of H-pyrrole nitrogens is 1. The van der Waals surface area contributed by atoms with E-state index in [0.29, 0.717) is 18.7 Å². The summed E-state index contributed by atoms with van der Waals surface area (Å²) in [6.45, 7) is 5.41. The van der Waals surface area contributed by atoms with Crippen LogP contribution in [0, 0.1) is 5.41 Å². The fourth-order valence-corrected chi connectivity index (χ4v) is 1.28. The van der Waals surface area contributed by atoms with Gasteiger partial charge in [0.2, 0.25) is 0 Å². The van der Waals surface area contributed by atoms with Gasteiger partial charge in [-0.15, -0.1) is 0 Å². The highest BCUT2D eigenvalue weighted by molar-refractivity contribution is 5.93. The van der Waals surface area contributed by atoms with Crippen molar-refractivity contribution in [1.29, 1.82) is 0 Å². The minimum atomic E-state index is -0.103. The van der Waals surface area contributed by atoms with Crippen molar-refractivity contribution in [2.45, 2.75) is 20.3 Å². The SMILES string of the molecule is CC(C)(CCN)CNC(=O)c1cn[nH]c1. The van der Waals surface area contributed by atoms with E-state index in [2.05, 4.69) is 29.4 Å². The summed E-state index contributed by atoms with van der Waals surface area (Å²) in [6, 6.07) is 0. The third-order valence-electron chi connectivity index (χ3n) is 2.31. The zero-order valence-electron chi connectivity index (χ0n) is 9.21. The molecule has 0 radical (unpaired) electrons. The molecule has 0 aliphatic heterocycles. The van der Waals surface area contributed by atoms with Crippen LogP contribution < -0.4 is 11.1 Å².